The number of carbonyl (C=O) groups excluding carboxylic acids is 2. The molecule has 31 heavy (non-hydrogen) atoms. The highest BCUT2D eigenvalue weighted by atomic mass is 32.2. The van der Waals surface area contributed by atoms with Gasteiger partial charge >= 0.3 is 0 Å². The first-order valence-electron chi connectivity index (χ1n) is 10.1. The largest absolute Gasteiger partial charge is 0.342 e. The summed E-state index contributed by atoms with van der Waals surface area (Å²) in [7, 11) is 0. The minimum atomic E-state index is -0.334. The predicted octanol–water partition coefficient (Wildman–Crippen LogP) is 4.57. The van der Waals surface area contributed by atoms with Crippen molar-refractivity contribution in [2.45, 2.75) is 31.6 Å². The average molecular weight is 435 g/mol. The molecule has 0 aliphatic carbocycles. The molecule has 0 saturated heterocycles. The third kappa shape index (κ3) is 5.70. The molecule has 6 nitrogen and oxygen atoms in total. The van der Waals surface area contributed by atoms with Crippen LogP contribution in [0.4, 0.5) is 0 Å². The van der Waals surface area contributed by atoms with Crippen LogP contribution in [0.3, 0.4) is 0 Å². The molecule has 0 radical (unpaired) electrons. The van der Waals surface area contributed by atoms with Crippen molar-refractivity contribution in [3.8, 4) is 0 Å². The van der Waals surface area contributed by atoms with Crippen LogP contribution in [-0.4, -0.2) is 32.2 Å². The lowest BCUT2D eigenvalue weighted by Crippen LogP contribution is -2.33. The molecule has 0 unspecified atom stereocenters. The highest BCUT2D eigenvalue weighted by molar-refractivity contribution is 7.99. The van der Waals surface area contributed by atoms with E-state index < -0.39 is 0 Å². The Morgan fingerprint density at radius 2 is 1.65 bits per heavy atom. The molecule has 1 heterocycles. The highest BCUT2D eigenvalue weighted by Crippen LogP contribution is 2.26. The highest BCUT2D eigenvalue weighted by Gasteiger charge is 2.26. The summed E-state index contributed by atoms with van der Waals surface area (Å²) >= 11 is 1.33. The molecule has 160 valence electrons. The SMILES string of the molecule is C=CCn1c(SCC(=O)c2ccccc2)nnc1[C@@H](NC(=O)c1ccccc1)C(C)C. The number of carbonyl (C=O) groups is 2. The maximum atomic E-state index is 12.7. The lowest BCUT2D eigenvalue weighted by atomic mass is 10.0. The molecule has 1 atom stereocenters. The summed E-state index contributed by atoms with van der Waals surface area (Å²) in [6.45, 7) is 8.36. The fourth-order valence-corrected chi connectivity index (χ4v) is 3.97. The summed E-state index contributed by atoms with van der Waals surface area (Å²) in [6, 6.07) is 17.9. The van der Waals surface area contributed by atoms with Gasteiger partial charge in [0, 0.05) is 17.7 Å². The second kappa shape index (κ2) is 10.7. The Balaban J connectivity index is 1.80. The lowest BCUT2D eigenvalue weighted by molar-refractivity contribution is 0.0921. The summed E-state index contributed by atoms with van der Waals surface area (Å²) in [5, 5.41) is 12.4. The summed E-state index contributed by atoms with van der Waals surface area (Å²) < 4.78 is 1.91. The Hall–Kier alpha value is -3.19. The van der Waals surface area contributed by atoms with E-state index in [-0.39, 0.29) is 29.4 Å². The predicted molar refractivity (Wildman–Crippen MR) is 123 cm³/mol. The summed E-state index contributed by atoms with van der Waals surface area (Å²) in [5.74, 6) is 0.847. The molecule has 0 aliphatic rings. The van der Waals surface area contributed by atoms with Gasteiger partial charge in [-0.1, -0.05) is 80.2 Å². The number of ketones is 1. The van der Waals surface area contributed by atoms with Crippen molar-refractivity contribution in [2.24, 2.45) is 5.92 Å². The molecule has 0 saturated carbocycles. The standard InChI is InChI=1S/C24H26N4O2S/c1-4-15-28-22(21(17(2)3)25-23(30)19-13-9-6-10-14-19)26-27-24(28)31-16-20(29)18-11-7-5-8-12-18/h4-14,17,21H,1,15-16H2,2-3H3,(H,25,30)/t21-/m0/s1. The quantitative estimate of drug-likeness (QED) is 0.287. The number of hydrogen-bond acceptors (Lipinski definition) is 5. The van der Waals surface area contributed by atoms with Crippen molar-refractivity contribution < 1.29 is 9.59 Å². The number of rotatable bonds is 10. The molecular weight excluding hydrogens is 408 g/mol. The van der Waals surface area contributed by atoms with Crippen molar-refractivity contribution in [1.82, 2.24) is 20.1 Å². The number of nitrogens with one attached hydrogen (secondary N) is 1. The zero-order valence-corrected chi connectivity index (χ0v) is 18.5. The Morgan fingerprint density at radius 1 is 1.03 bits per heavy atom. The smallest absolute Gasteiger partial charge is 0.251 e. The van der Waals surface area contributed by atoms with Crippen LogP contribution in [0.2, 0.25) is 0 Å². The van der Waals surface area contributed by atoms with E-state index in [1.165, 1.54) is 11.8 Å². The van der Waals surface area contributed by atoms with Gasteiger partial charge in [0.25, 0.3) is 5.91 Å². The number of allylic oxidation sites excluding steroid dienone is 1. The van der Waals surface area contributed by atoms with Gasteiger partial charge in [-0.3, -0.25) is 9.59 Å². The molecule has 1 amide bonds. The van der Waals surface area contributed by atoms with Gasteiger partial charge in [-0.05, 0) is 18.1 Å². The summed E-state index contributed by atoms with van der Waals surface area (Å²) in [5.41, 5.74) is 1.26. The van der Waals surface area contributed by atoms with Gasteiger partial charge < -0.3 is 9.88 Å². The number of hydrogen-bond donors (Lipinski definition) is 1. The Morgan fingerprint density at radius 3 is 2.23 bits per heavy atom. The number of thioether (sulfide) groups is 1. The fourth-order valence-electron chi connectivity index (χ4n) is 3.12. The zero-order valence-electron chi connectivity index (χ0n) is 17.7. The number of amides is 1. The third-order valence-electron chi connectivity index (χ3n) is 4.75. The van der Waals surface area contributed by atoms with Crippen molar-refractivity contribution in [2.75, 3.05) is 5.75 Å². The van der Waals surface area contributed by atoms with E-state index in [9.17, 15) is 9.59 Å². The van der Waals surface area contributed by atoms with Crippen LogP contribution >= 0.6 is 11.8 Å². The van der Waals surface area contributed by atoms with E-state index >= 15 is 0 Å². The van der Waals surface area contributed by atoms with Gasteiger partial charge in [0.15, 0.2) is 16.8 Å². The van der Waals surface area contributed by atoms with Gasteiger partial charge in [0.1, 0.15) is 0 Å². The molecule has 3 aromatic rings. The first-order chi connectivity index (χ1) is 15.0. The van der Waals surface area contributed by atoms with Gasteiger partial charge in [-0.25, -0.2) is 0 Å². The van der Waals surface area contributed by atoms with Crippen LogP contribution in [-0.2, 0) is 6.54 Å². The van der Waals surface area contributed by atoms with Crippen molar-refractivity contribution in [1.29, 1.82) is 0 Å². The summed E-state index contributed by atoms with van der Waals surface area (Å²) in [6.07, 6.45) is 1.76. The number of nitrogens with zero attached hydrogens (tertiary/aromatic N) is 3. The molecule has 2 aromatic carbocycles. The molecule has 3 rings (SSSR count). The monoisotopic (exact) mass is 434 g/mol. The average Bonchev–Trinajstić information content (AvgIpc) is 3.19. The van der Waals surface area contributed by atoms with E-state index in [2.05, 4.69) is 22.1 Å². The van der Waals surface area contributed by atoms with Crippen LogP contribution in [0.1, 0.15) is 46.4 Å². The van der Waals surface area contributed by atoms with Gasteiger partial charge in [-0.2, -0.15) is 0 Å². The molecule has 7 heteroatoms. The molecular formula is C24H26N4O2S. The Kier molecular flexibility index (Phi) is 7.78. The number of Topliss-reactive ketones (excluding diaryl/α,β-unsaturated/α-hetero) is 1. The van der Waals surface area contributed by atoms with Crippen LogP contribution < -0.4 is 5.32 Å². The van der Waals surface area contributed by atoms with Crippen LogP contribution in [0, 0.1) is 5.92 Å². The van der Waals surface area contributed by atoms with E-state index in [4.69, 9.17) is 0 Å². The molecule has 0 fully saturated rings. The van der Waals surface area contributed by atoms with E-state index in [0.29, 0.717) is 28.7 Å². The van der Waals surface area contributed by atoms with E-state index in [1.54, 1.807) is 30.3 Å². The van der Waals surface area contributed by atoms with Gasteiger partial charge in [0.2, 0.25) is 0 Å². The molecule has 1 aromatic heterocycles. The van der Waals surface area contributed by atoms with E-state index in [1.807, 2.05) is 54.8 Å². The zero-order chi connectivity index (χ0) is 22.2. The normalized spacial score (nSPS) is 11.8. The molecule has 1 N–H and O–H groups in total. The molecule has 0 aliphatic heterocycles. The number of aromatic nitrogens is 3. The Bertz CT molecular complexity index is 1030. The molecule has 0 spiro atoms. The minimum absolute atomic E-state index is 0.0260. The maximum absolute atomic E-state index is 12.7. The van der Waals surface area contributed by atoms with E-state index in [0.717, 1.165) is 0 Å². The van der Waals surface area contributed by atoms with Crippen LogP contribution in [0.5, 0.6) is 0 Å². The first kappa shape index (κ1) is 22.5. The van der Waals surface area contributed by atoms with Crippen molar-refractivity contribution in [3.05, 3.63) is 90.3 Å². The first-order valence-corrected chi connectivity index (χ1v) is 11.1. The second-order valence-electron chi connectivity index (χ2n) is 7.38. The third-order valence-corrected chi connectivity index (χ3v) is 5.72. The minimum Gasteiger partial charge on any atom is -0.342 e. The van der Waals surface area contributed by atoms with Crippen molar-refractivity contribution in [3.63, 3.8) is 0 Å². The topological polar surface area (TPSA) is 76.9 Å². The second-order valence-corrected chi connectivity index (χ2v) is 8.32. The lowest BCUT2D eigenvalue weighted by Gasteiger charge is -2.22. The van der Waals surface area contributed by atoms with Crippen molar-refractivity contribution >= 4 is 23.5 Å². The fraction of sp³-hybridized carbons (Fsp3) is 0.250. The maximum Gasteiger partial charge on any atom is 0.251 e. The summed E-state index contributed by atoms with van der Waals surface area (Å²) in [4.78, 5) is 25.2. The van der Waals surface area contributed by atoms with Gasteiger partial charge in [-0.15, -0.1) is 16.8 Å². The van der Waals surface area contributed by atoms with Crippen LogP contribution in [0.15, 0.2) is 78.5 Å². The Labute approximate surface area is 186 Å². The van der Waals surface area contributed by atoms with Gasteiger partial charge in [0.05, 0.1) is 11.8 Å². The molecule has 0 bridgehead atoms. The number of benzene rings is 2. The van der Waals surface area contributed by atoms with Crippen LogP contribution in [0.25, 0.3) is 0 Å².